The van der Waals surface area contributed by atoms with Crippen LogP contribution in [0.15, 0.2) is 0 Å². The van der Waals surface area contributed by atoms with Crippen molar-refractivity contribution < 1.29 is 9.84 Å². The molecule has 1 fully saturated rings. The molecule has 1 heterocycles. The number of hydrogen-bond donors (Lipinski definition) is 2. The van der Waals surface area contributed by atoms with E-state index in [2.05, 4.69) is 45.0 Å². The highest BCUT2D eigenvalue weighted by molar-refractivity contribution is 4.86. The Morgan fingerprint density at radius 2 is 2.00 bits per heavy atom. The molecule has 0 aromatic carbocycles. The number of likely N-dealkylation sites (tertiary alicyclic amines) is 1. The Balaban J connectivity index is 2.20. The van der Waals surface area contributed by atoms with Gasteiger partial charge in [-0.25, -0.2) is 0 Å². The Bertz CT molecular complexity index is 248. The van der Waals surface area contributed by atoms with Gasteiger partial charge < -0.3 is 20.1 Å². The van der Waals surface area contributed by atoms with Crippen LogP contribution in [0.4, 0.5) is 0 Å². The van der Waals surface area contributed by atoms with Crippen molar-refractivity contribution in [3.05, 3.63) is 0 Å². The molecule has 1 saturated heterocycles. The maximum Gasteiger partial charge on any atom is 0.0897 e. The molecule has 0 amide bonds. The second kappa shape index (κ2) is 8.20. The fourth-order valence-electron chi connectivity index (χ4n) is 2.61. The summed E-state index contributed by atoms with van der Waals surface area (Å²) in [6, 6.07) is 1.12. The summed E-state index contributed by atoms with van der Waals surface area (Å²) >= 11 is 0. The largest absolute Gasteiger partial charge is 0.389 e. The molecule has 0 aromatic heterocycles. The lowest BCUT2D eigenvalue weighted by atomic mass is 9.90. The Kier molecular flexibility index (Phi) is 7.29. The predicted molar refractivity (Wildman–Crippen MR) is 79.3 cm³/mol. The highest BCUT2D eigenvalue weighted by Gasteiger charge is 2.28. The summed E-state index contributed by atoms with van der Waals surface area (Å²) in [5, 5.41) is 13.4. The minimum atomic E-state index is -0.402. The normalized spacial score (nSPS) is 30.8. The number of rotatable bonds is 7. The third-order valence-corrected chi connectivity index (χ3v) is 3.99. The van der Waals surface area contributed by atoms with E-state index in [1.165, 1.54) is 0 Å². The van der Waals surface area contributed by atoms with Gasteiger partial charge in [0.1, 0.15) is 0 Å². The number of hydrogen-bond acceptors (Lipinski definition) is 4. The van der Waals surface area contributed by atoms with E-state index in [0.29, 0.717) is 37.1 Å². The fraction of sp³-hybridized carbons (Fsp3) is 1.00. The van der Waals surface area contributed by atoms with Crippen LogP contribution in [-0.4, -0.2) is 61.5 Å². The Morgan fingerprint density at radius 3 is 2.63 bits per heavy atom. The summed E-state index contributed by atoms with van der Waals surface area (Å²) in [6.45, 7) is 11.7. The molecule has 0 spiro atoms. The number of aliphatic hydroxyl groups is 1. The van der Waals surface area contributed by atoms with E-state index in [1.54, 1.807) is 0 Å². The molecular formula is C15H32N2O2. The molecule has 0 radical (unpaired) electrons. The molecule has 0 aliphatic carbocycles. The van der Waals surface area contributed by atoms with E-state index in [0.717, 1.165) is 19.6 Å². The molecule has 4 heteroatoms. The summed E-state index contributed by atoms with van der Waals surface area (Å²) in [4.78, 5) is 2.41. The van der Waals surface area contributed by atoms with Crippen LogP contribution in [0.1, 0.15) is 34.1 Å². The van der Waals surface area contributed by atoms with Crippen molar-refractivity contribution in [3.8, 4) is 0 Å². The van der Waals surface area contributed by atoms with Crippen molar-refractivity contribution in [1.29, 1.82) is 0 Å². The van der Waals surface area contributed by atoms with Crippen molar-refractivity contribution in [3.63, 3.8) is 0 Å². The van der Waals surface area contributed by atoms with Crippen LogP contribution < -0.4 is 5.32 Å². The van der Waals surface area contributed by atoms with Gasteiger partial charge in [-0.3, -0.25) is 0 Å². The lowest BCUT2D eigenvalue weighted by Crippen LogP contribution is -2.52. The highest BCUT2D eigenvalue weighted by Crippen LogP contribution is 2.20. The van der Waals surface area contributed by atoms with Crippen LogP contribution in [0.2, 0.25) is 0 Å². The van der Waals surface area contributed by atoms with Gasteiger partial charge in [-0.2, -0.15) is 0 Å². The molecule has 114 valence electrons. The molecule has 4 unspecified atom stereocenters. The second-order valence-electron chi connectivity index (χ2n) is 6.60. The Labute approximate surface area is 118 Å². The molecule has 1 rings (SSSR count). The third-order valence-electron chi connectivity index (χ3n) is 3.99. The summed E-state index contributed by atoms with van der Waals surface area (Å²) < 4.78 is 5.46. The van der Waals surface area contributed by atoms with Crippen LogP contribution in [-0.2, 0) is 4.74 Å². The van der Waals surface area contributed by atoms with E-state index in [4.69, 9.17) is 4.74 Å². The first-order chi connectivity index (χ1) is 8.90. The van der Waals surface area contributed by atoms with Gasteiger partial charge >= 0.3 is 0 Å². The number of aliphatic hydroxyl groups excluding tert-OH is 1. The van der Waals surface area contributed by atoms with Gasteiger partial charge in [-0.1, -0.05) is 20.8 Å². The quantitative estimate of drug-likeness (QED) is 0.734. The van der Waals surface area contributed by atoms with E-state index in [-0.39, 0.29) is 0 Å². The maximum absolute atomic E-state index is 9.90. The van der Waals surface area contributed by atoms with Crippen molar-refractivity contribution in [2.75, 3.05) is 33.4 Å². The van der Waals surface area contributed by atoms with E-state index >= 15 is 0 Å². The standard InChI is InChI=1S/C15H32N2O2/c1-11(2)9-19-10-14(18)7-16-15-6-13(4)17(5)8-12(15)3/h11-16,18H,6-10H2,1-5H3. The van der Waals surface area contributed by atoms with Gasteiger partial charge in [-0.05, 0) is 32.2 Å². The van der Waals surface area contributed by atoms with Crippen LogP contribution >= 0.6 is 0 Å². The first kappa shape index (κ1) is 16.9. The second-order valence-corrected chi connectivity index (χ2v) is 6.60. The average molecular weight is 272 g/mol. The number of nitrogens with one attached hydrogen (secondary N) is 1. The van der Waals surface area contributed by atoms with Crippen molar-refractivity contribution in [1.82, 2.24) is 10.2 Å². The van der Waals surface area contributed by atoms with Crippen LogP contribution in [0.25, 0.3) is 0 Å². The number of nitrogens with zero attached hydrogens (tertiary/aromatic N) is 1. The minimum Gasteiger partial charge on any atom is -0.389 e. The van der Waals surface area contributed by atoms with Crippen LogP contribution in [0, 0.1) is 11.8 Å². The minimum absolute atomic E-state index is 0.402. The first-order valence-electron chi connectivity index (χ1n) is 7.59. The first-order valence-corrected chi connectivity index (χ1v) is 7.59. The zero-order chi connectivity index (χ0) is 14.4. The third kappa shape index (κ3) is 6.21. The topological polar surface area (TPSA) is 44.7 Å². The molecule has 1 aliphatic heterocycles. The van der Waals surface area contributed by atoms with E-state index in [9.17, 15) is 5.11 Å². The molecule has 0 aromatic rings. The Morgan fingerprint density at radius 1 is 1.32 bits per heavy atom. The maximum atomic E-state index is 9.90. The van der Waals surface area contributed by atoms with Crippen molar-refractivity contribution in [2.45, 2.75) is 52.3 Å². The zero-order valence-corrected chi connectivity index (χ0v) is 13.2. The molecule has 4 atom stereocenters. The zero-order valence-electron chi connectivity index (χ0n) is 13.2. The molecular weight excluding hydrogens is 240 g/mol. The van der Waals surface area contributed by atoms with Gasteiger partial charge in [0.25, 0.3) is 0 Å². The van der Waals surface area contributed by atoms with Crippen LogP contribution in [0.5, 0.6) is 0 Å². The Hall–Kier alpha value is -0.160. The SMILES string of the molecule is CC(C)COCC(O)CNC1CC(C)N(C)CC1C. The average Bonchev–Trinajstić information content (AvgIpc) is 2.31. The van der Waals surface area contributed by atoms with Gasteiger partial charge in [-0.15, -0.1) is 0 Å². The predicted octanol–water partition coefficient (Wildman–Crippen LogP) is 1.34. The van der Waals surface area contributed by atoms with E-state index in [1.807, 2.05) is 0 Å². The van der Waals surface area contributed by atoms with E-state index < -0.39 is 6.10 Å². The van der Waals surface area contributed by atoms with Gasteiger partial charge in [0.05, 0.1) is 12.7 Å². The molecule has 0 saturated carbocycles. The van der Waals surface area contributed by atoms with Gasteiger partial charge in [0.2, 0.25) is 0 Å². The summed E-state index contributed by atoms with van der Waals surface area (Å²) in [5.41, 5.74) is 0. The summed E-state index contributed by atoms with van der Waals surface area (Å²) in [7, 11) is 2.19. The molecule has 2 N–H and O–H groups in total. The lowest BCUT2D eigenvalue weighted by Gasteiger charge is -2.40. The molecule has 1 aliphatic rings. The monoisotopic (exact) mass is 272 g/mol. The highest BCUT2D eigenvalue weighted by atomic mass is 16.5. The van der Waals surface area contributed by atoms with Crippen LogP contribution in [0.3, 0.4) is 0 Å². The summed E-state index contributed by atoms with van der Waals surface area (Å²) in [5.74, 6) is 1.15. The van der Waals surface area contributed by atoms with Gasteiger partial charge in [0.15, 0.2) is 0 Å². The van der Waals surface area contributed by atoms with Gasteiger partial charge in [0, 0.05) is 31.8 Å². The molecule has 4 nitrogen and oxygen atoms in total. The van der Waals surface area contributed by atoms with Crippen molar-refractivity contribution >= 4 is 0 Å². The lowest BCUT2D eigenvalue weighted by molar-refractivity contribution is 0.0212. The fourth-order valence-corrected chi connectivity index (χ4v) is 2.61. The smallest absolute Gasteiger partial charge is 0.0897 e. The van der Waals surface area contributed by atoms with Crippen molar-refractivity contribution in [2.24, 2.45) is 11.8 Å². The molecule has 19 heavy (non-hydrogen) atoms. The number of piperidine rings is 1. The number of ether oxygens (including phenoxy) is 1. The molecule has 0 bridgehead atoms. The summed E-state index contributed by atoms with van der Waals surface area (Å²) in [6.07, 6.45) is 0.748.